The van der Waals surface area contributed by atoms with Crippen LogP contribution in [0, 0.1) is 0 Å². The molecule has 16 heavy (non-hydrogen) atoms. The van der Waals surface area contributed by atoms with Crippen molar-refractivity contribution in [3.63, 3.8) is 0 Å². The molecule has 2 rings (SSSR count). The fraction of sp³-hybridized carbons (Fsp3) is 0.778. The number of nitrogens with two attached hydrogens (primary N) is 1. The molecule has 2 N–H and O–H groups in total. The minimum Gasteiger partial charge on any atom is -0.423 e. The van der Waals surface area contributed by atoms with Crippen LogP contribution in [0.15, 0.2) is 4.42 Å². The van der Waals surface area contributed by atoms with Gasteiger partial charge in [0.15, 0.2) is 9.84 Å². The number of rotatable bonds is 3. The largest absolute Gasteiger partial charge is 0.423 e. The Morgan fingerprint density at radius 1 is 1.56 bits per heavy atom. The smallest absolute Gasteiger partial charge is 0.233 e. The molecule has 1 fully saturated rings. The van der Waals surface area contributed by atoms with Crippen LogP contribution in [0.1, 0.15) is 43.5 Å². The van der Waals surface area contributed by atoms with Crippen molar-refractivity contribution in [3.8, 4) is 0 Å². The molecule has 0 amide bonds. The molecule has 7 heteroatoms. The van der Waals surface area contributed by atoms with Crippen molar-refractivity contribution in [2.24, 2.45) is 5.73 Å². The van der Waals surface area contributed by atoms with E-state index in [4.69, 9.17) is 10.2 Å². The molecule has 0 aliphatic carbocycles. The first-order valence-corrected chi connectivity index (χ1v) is 7.13. The molecule has 1 saturated heterocycles. The molecule has 2 heterocycles. The summed E-state index contributed by atoms with van der Waals surface area (Å²) in [6, 6.07) is -0.265. The Labute approximate surface area is 94.1 Å². The molecular weight excluding hydrogens is 230 g/mol. The van der Waals surface area contributed by atoms with Crippen molar-refractivity contribution < 1.29 is 12.8 Å². The Morgan fingerprint density at radius 3 is 2.88 bits per heavy atom. The highest BCUT2D eigenvalue weighted by Gasteiger charge is 2.33. The molecule has 0 radical (unpaired) electrons. The van der Waals surface area contributed by atoms with Crippen molar-refractivity contribution in [1.29, 1.82) is 0 Å². The SMILES string of the molecule is CCC(N)c1nnc(C2CCS(=O)(=O)C2)o1. The fourth-order valence-corrected chi connectivity index (χ4v) is 3.46. The molecule has 0 bridgehead atoms. The summed E-state index contributed by atoms with van der Waals surface area (Å²) in [5, 5.41) is 7.71. The van der Waals surface area contributed by atoms with Gasteiger partial charge in [0.2, 0.25) is 11.8 Å². The normalized spacial score (nSPS) is 25.8. The summed E-state index contributed by atoms with van der Waals surface area (Å²) in [4.78, 5) is 0. The average molecular weight is 245 g/mol. The monoisotopic (exact) mass is 245 g/mol. The van der Waals surface area contributed by atoms with Crippen LogP contribution in [0.5, 0.6) is 0 Å². The average Bonchev–Trinajstić information content (AvgIpc) is 2.83. The summed E-state index contributed by atoms with van der Waals surface area (Å²) >= 11 is 0. The zero-order valence-corrected chi connectivity index (χ0v) is 9.90. The van der Waals surface area contributed by atoms with Crippen molar-refractivity contribution in [3.05, 3.63) is 11.8 Å². The maximum absolute atomic E-state index is 11.3. The number of hydrogen-bond acceptors (Lipinski definition) is 6. The number of aromatic nitrogens is 2. The highest BCUT2D eigenvalue weighted by Crippen LogP contribution is 2.28. The maximum Gasteiger partial charge on any atom is 0.233 e. The Kier molecular flexibility index (Phi) is 2.98. The first-order valence-electron chi connectivity index (χ1n) is 5.31. The van der Waals surface area contributed by atoms with Gasteiger partial charge in [0.1, 0.15) is 0 Å². The first-order chi connectivity index (χ1) is 7.52. The van der Waals surface area contributed by atoms with Crippen molar-refractivity contribution >= 4 is 9.84 Å². The topological polar surface area (TPSA) is 99.1 Å². The second-order valence-corrected chi connectivity index (χ2v) is 6.32. The number of hydrogen-bond donors (Lipinski definition) is 1. The summed E-state index contributed by atoms with van der Waals surface area (Å²) in [5.41, 5.74) is 5.75. The quantitative estimate of drug-likeness (QED) is 0.826. The predicted molar refractivity (Wildman–Crippen MR) is 57.5 cm³/mol. The molecular formula is C9H15N3O3S. The van der Waals surface area contributed by atoms with Crippen LogP contribution in [0.4, 0.5) is 0 Å². The summed E-state index contributed by atoms with van der Waals surface area (Å²) < 4.78 is 28.0. The zero-order chi connectivity index (χ0) is 11.8. The summed E-state index contributed by atoms with van der Waals surface area (Å²) in [5.74, 6) is 0.947. The van der Waals surface area contributed by atoms with Gasteiger partial charge in [-0.2, -0.15) is 0 Å². The van der Waals surface area contributed by atoms with Crippen LogP contribution in [0.25, 0.3) is 0 Å². The van der Waals surface area contributed by atoms with E-state index in [1.54, 1.807) is 0 Å². The van der Waals surface area contributed by atoms with Gasteiger partial charge in [0, 0.05) is 0 Å². The maximum atomic E-state index is 11.3. The molecule has 90 valence electrons. The van der Waals surface area contributed by atoms with E-state index in [9.17, 15) is 8.42 Å². The third-order valence-electron chi connectivity index (χ3n) is 2.79. The van der Waals surface area contributed by atoms with Gasteiger partial charge in [0.25, 0.3) is 0 Å². The highest BCUT2D eigenvalue weighted by molar-refractivity contribution is 7.91. The second kappa shape index (κ2) is 4.14. The van der Waals surface area contributed by atoms with Crippen molar-refractivity contribution in [2.45, 2.75) is 31.7 Å². The molecule has 2 unspecified atom stereocenters. The van der Waals surface area contributed by atoms with Gasteiger partial charge in [-0.1, -0.05) is 6.92 Å². The third kappa shape index (κ3) is 2.25. The second-order valence-electron chi connectivity index (χ2n) is 4.09. The van der Waals surface area contributed by atoms with E-state index in [0.29, 0.717) is 24.6 Å². The summed E-state index contributed by atoms with van der Waals surface area (Å²) in [6.45, 7) is 1.93. The lowest BCUT2D eigenvalue weighted by Gasteiger charge is -2.02. The van der Waals surface area contributed by atoms with Gasteiger partial charge >= 0.3 is 0 Å². The molecule has 0 spiro atoms. The van der Waals surface area contributed by atoms with E-state index in [1.807, 2.05) is 6.92 Å². The van der Waals surface area contributed by atoms with Gasteiger partial charge in [-0.3, -0.25) is 0 Å². The lowest BCUT2D eigenvalue weighted by molar-refractivity contribution is 0.396. The van der Waals surface area contributed by atoms with Gasteiger partial charge < -0.3 is 10.2 Å². The lowest BCUT2D eigenvalue weighted by Crippen LogP contribution is -2.08. The van der Waals surface area contributed by atoms with Crippen LogP contribution in [-0.4, -0.2) is 30.1 Å². The Balaban J connectivity index is 2.14. The summed E-state index contributed by atoms with van der Waals surface area (Å²) in [7, 11) is -2.92. The number of nitrogens with zero attached hydrogens (tertiary/aromatic N) is 2. The highest BCUT2D eigenvalue weighted by atomic mass is 32.2. The van der Waals surface area contributed by atoms with Crippen LogP contribution >= 0.6 is 0 Å². The van der Waals surface area contributed by atoms with Gasteiger partial charge in [-0.05, 0) is 12.8 Å². The van der Waals surface area contributed by atoms with Gasteiger partial charge in [0.05, 0.1) is 23.5 Å². The lowest BCUT2D eigenvalue weighted by atomic mass is 10.1. The van der Waals surface area contributed by atoms with Gasteiger partial charge in [-0.15, -0.1) is 10.2 Å². The molecule has 6 nitrogen and oxygen atoms in total. The van der Waals surface area contributed by atoms with E-state index in [0.717, 1.165) is 0 Å². The van der Waals surface area contributed by atoms with Crippen LogP contribution in [0.3, 0.4) is 0 Å². The van der Waals surface area contributed by atoms with Crippen LogP contribution < -0.4 is 5.73 Å². The van der Waals surface area contributed by atoms with E-state index >= 15 is 0 Å². The summed E-state index contributed by atoms with van der Waals surface area (Å²) in [6.07, 6.45) is 1.27. The van der Waals surface area contributed by atoms with E-state index in [-0.39, 0.29) is 23.5 Å². The van der Waals surface area contributed by atoms with Crippen molar-refractivity contribution in [2.75, 3.05) is 11.5 Å². The Bertz CT molecular complexity index is 468. The minimum absolute atomic E-state index is 0.107. The van der Waals surface area contributed by atoms with Gasteiger partial charge in [-0.25, -0.2) is 8.42 Å². The van der Waals surface area contributed by atoms with Crippen LogP contribution in [0.2, 0.25) is 0 Å². The Hall–Kier alpha value is -0.950. The van der Waals surface area contributed by atoms with Crippen LogP contribution in [-0.2, 0) is 9.84 Å². The predicted octanol–water partition coefficient (Wildman–Crippen LogP) is 0.382. The third-order valence-corrected chi connectivity index (χ3v) is 4.56. The molecule has 0 aromatic carbocycles. The van der Waals surface area contributed by atoms with E-state index in [2.05, 4.69) is 10.2 Å². The fourth-order valence-electron chi connectivity index (χ4n) is 1.73. The standard InChI is InChI=1S/C9H15N3O3S/c1-2-7(10)9-12-11-8(15-9)6-3-4-16(13,14)5-6/h6-7H,2-5,10H2,1H3. The number of sulfone groups is 1. The van der Waals surface area contributed by atoms with E-state index < -0.39 is 9.84 Å². The Morgan fingerprint density at radius 2 is 2.31 bits per heavy atom. The van der Waals surface area contributed by atoms with E-state index in [1.165, 1.54) is 0 Å². The van der Waals surface area contributed by atoms with Crippen molar-refractivity contribution in [1.82, 2.24) is 10.2 Å². The minimum atomic E-state index is -2.92. The zero-order valence-electron chi connectivity index (χ0n) is 9.09. The molecule has 1 aromatic rings. The first kappa shape index (κ1) is 11.5. The molecule has 1 aliphatic rings. The molecule has 1 aromatic heterocycles. The molecule has 2 atom stereocenters. The molecule has 1 aliphatic heterocycles. The molecule has 0 saturated carbocycles.